The number of methoxy groups -OCH3 is 2. The molecular formula is C15H23N3O4. The van der Waals surface area contributed by atoms with E-state index in [2.05, 4.69) is 10.6 Å². The number of amides is 3. The Labute approximate surface area is 130 Å². The number of primary amides is 1. The van der Waals surface area contributed by atoms with Gasteiger partial charge in [0.1, 0.15) is 0 Å². The Balaban J connectivity index is 2.77. The lowest BCUT2D eigenvalue weighted by Gasteiger charge is -2.21. The molecule has 1 aromatic rings. The molecule has 0 aromatic heterocycles. The summed E-state index contributed by atoms with van der Waals surface area (Å²) in [6.45, 7) is 4.20. The van der Waals surface area contributed by atoms with Crippen LogP contribution in [0.4, 0.5) is 4.79 Å². The normalized spacial score (nSPS) is 11.9. The maximum absolute atomic E-state index is 11.9. The number of ether oxygens (including phenoxy) is 2. The summed E-state index contributed by atoms with van der Waals surface area (Å²) in [6.07, 6.45) is 0. The van der Waals surface area contributed by atoms with Crippen LogP contribution in [0, 0.1) is 5.92 Å². The minimum absolute atomic E-state index is 0.000469. The molecule has 122 valence electrons. The summed E-state index contributed by atoms with van der Waals surface area (Å²) in [6, 6.07) is 4.11. The molecule has 0 spiro atoms. The lowest BCUT2D eigenvalue weighted by Crippen LogP contribution is -2.50. The third-order valence-electron chi connectivity index (χ3n) is 3.17. The zero-order chi connectivity index (χ0) is 16.7. The fraction of sp³-hybridized carbons (Fsp3) is 0.467. The van der Waals surface area contributed by atoms with Crippen molar-refractivity contribution in [3.63, 3.8) is 0 Å². The molecule has 0 saturated carbocycles. The van der Waals surface area contributed by atoms with Gasteiger partial charge in [-0.2, -0.15) is 0 Å². The highest BCUT2D eigenvalue weighted by atomic mass is 16.5. The molecule has 0 aliphatic rings. The van der Waals surface area contributed by atoms with Gasteiger partial charge in [-0.15, -0.1) is 0 Å². The quantitative estimate of drug-likeness (QED) is 0.697. The van der Waals surface area contributed by atoms with E-state index in [1.807, 2.05) is 26.0 Å². The molecule has 0 unspecified atom stereocenters. The van der Waals surface area contributed by atoms with Gasteiger partial charge in [-0.25, -0.2) is 4.79 Å². The second-order valence-corrected chi connectivity index (χ2v) is 5.15. The highest BCUT2D eigenvalue weighted by Crippen LogP contribution is 2.27. The van der Waals surface area contributed by atoms with Gasteiger partial charge in [-0.05, 0) is 23.6 Å². The number of imide groups is 1. The summed E-state index contributed by atoms with van der Waals surface area (Å²) in [5.41, 5.74) is 5.91. The highest BCUT2D eigenvalue weighted by molar-refractivity contribution is 5.96. The van der Waals surface area contributed by atoms with E-state index in [-0.39, 0.29) is 5.92 Å². The number of nitrogens with two attached hydrogens (primary N) is 1. The molecule has 0 heterocycles. The first-order valence-corrected chi connectivity index (χ1v) is 6.93. The second-order valence-electron chi connectivity index (χ2n) is 5.15. The molecule has 0 bridgehead atoms. The molecule has 0 aliphatic heterocycles. The molecule has 22 heavy (non-hydrogen) atoms. The summed E-state index contributed by atoms with van der Waals surface area (Å²) in [4.78, 5) is 22.7. The SMILES string of the molecule is COc1ccc(CN[C@H](C(=O)NC(N)=O)C(C)C)cc1OC. The Bertz CT molecular complexity index is 532. The first kappa shape index (κ1) is 17.8. The number of carbonyl (C=O) groups excluding carboxylic acids is 2. The maximum atomic E-state index is 11.9. The van der Waals surface area contributed by atoms with Crippen molar-refractivity contribution < 1.29 is 19.1 Å². The minimum Gasteiger partial charge on any atom is -0.493 e. The van der Waals surface area contributed by atoms with E-state index in [9.17, 15) is 9.59 Å². The van der Waals surface area contributed by atoms with Gasteiger partial charge in [-0.1, -0.05) is 19.9 Å². The summed E-state index contributed by atoms with van der Waals surface area (Å²) in [5, 5.41) is 5.21. The van der Waals surface area contributed by atoms with Crippen molar-refractivity contribution in [3.8, 4) is 11.5 Å². The summed E-state index contributed by atoms with van der Waals surface area (Å²) >= 11 is 0. The molecule has 0 aliphatic carbocycles. The number of hydrogen-bond acceptors (Lipinski definition) is 5. The number of rotatable bonds is 7. The Morgan fingerprint density at radius 2 is 1.82 bits per heavy atom. The fourth-order valence-corrected chi connectivity index (χ4v) is 2.05. The first-order chi connectivity index (χ1) is 10.4. The van der Waals surface area contributed by atoms with Crippen molar-refractivity contribution in [1.29, 1.82) is 0 Å². The molecule has 7 nitrogen and oxygen atoms in total. The van der Waals surface area contributed by atoms with Gasteiger partial charge in [-0.3, -0.25) is 10.1 Å². The standard InChI is InChI=1S/C15H23N3O4/c1-9(2)13(14(19)18-15(16)20)17-8-10-5-6-11(21-3)12(7-10)22-4/h5-7,9,13,17H,8H2,1-4H3,(H3,16,18,19,20)/t13-/m0/s1. The number of hydrogen-bond donors (Lipinski definition) is 3. The molecule has 7 heteroatoms. The summed E-state index contributed by atoms with van der Waals surface area (Å²) in [7, 11) is 3.13. The van der Waals surface area contributed by atoms with E-state index in [1.165, 1.54) is 0 Å². The number of carbonyl (C=O) groups is 2. The van der Waals surface area contributed by atoms with Crippen molar-refractivity contribution >= 4 is 11.9 Å². The van der Waals surface area contributed by atoms with Crippen molar-refractivity contribution in [2.24, 2.45) is 11.7 Å². The molecule has 3 amide bonds. The number of benzene rings is 1. The molecule has 1 aromatic carbocycles. The topological polar surface area (TPSA) is 103 Å². The maximum Gasteiger partial charge on any atom is 0.318 e. The first-order valence-electron chi connectivity index (χ1n) is 6.93. The van der Waals surface area contributed by atoms with Crippen molar-refractivity contribution in [1.82, 2.24) is 10.6 Å². The van der Waals surface area contributed by atoms with E-state index >= 15 is 0 Å². The number of nitrogens with one attached hydrogen (secondary N) is 2. The van der Waals surface area contributed by atoms with E-state index in [0.29, 0.717) is 18.0 Å². The Kier molecular flexibility index (Phi) is 6.65. The number of urea groups is 1. The van der Waals surface area contributed by atoms with Crippen LogP contribution in [0.5, 0.6) is 11.5 Å². The zero-order valence-corrected chi connectivity index (χ0v) is 13.3. The van der Waals surface area contributed by atoms with Gasteiger partial charge < -0.3 is 20.5 Å². The average Bonchev–Trinajstić information content (AvgIpc) is 2.46. The summed E-state index contributed by atoms with van der Waals surface area (Å²) < 4.78 is 10.4. The van der Waals surface area contributed by atoms with Gasteiger partial charge >= 0.3 is 6.03 Å². The predicted molar refractivity (Wildman–Crippen MR) is 82.7 cm³/mol. The third-order valence-corrected chi connectivity index (χ3v) is 3.17. The molecule has 0 radical (unpaired) electrons. The van der Waals surface area contributed by atoms with Gasteiger partial charge in [0.05, 0.1) is 20.3 Å². The molecule has 1 atom stereocenters. The van der Waals surface area contributed by atoms with Gasteiger partial charge in [0.2, 0.25) is 5.91 Å². The van der Waals surface area contributed by atoms with Crippen LogP contribution in [0.3, 0.4) is 0 Å². The second kappa shape index (κ2) is 8.23. The van der Waals surface area contributed by atoms with Crippen LogP contribution in [0.1, 0.15) is 19.4 Å². The van der Waals surface area contributed by atoms with Crippen molar-refractivity contribution in [2.75, 3.05) is 14.2 Å². The van der Waals surface area contributed by atoms with Gasteiger partial charge in [0, 0.05) is 6.54 Å². The Morgan fingerprint density at radius 3 is 2.32 bits per heavy atom. The average molecular weight is 309 g/mol. The third kappa shape index (κ3) is 4.92. The zero-order valence-electron chi connectivity index (χ0n) is 13.3. The largest absolute Gasteiger partial charge is 0.493 e. The van der Waals surface area contributed by atoms with Crippen molar-refractivity contribution in [3.05, 3.63) is 23.8 Å². The van der Waals surface area contributed by atoms with Crippen LogP contribution >= 0.6 is 0 Å². The van der Waals surface area contributed by atoms with Crippen LogP contribution in [0.25, 0.3) is 0 Å². The van der Waals surface area contributed by atoms with Gasteiger partial charge in [0.15, 0.2) is 11.5 Å². The fourth-order valence-electron chi connectivity index (χ4n) is 2.05. The molecule has 1 rings (SSSR count). The molecule has 0 saturated heterocycles. The van der Waals surface area contributed by atoms with E-state index in [0.717, 1.165) is 5.56 Å². The van der Waals surface area contributed by atoms with Gasteiger partial charge in [0.25, 0.3) is 0 Å². The Morgan fingerprint density at radius 1 is 1.18 bits per heavy atom. The molecule has 0 fully saturated rings. The monoisotopic (exact) mass is 309 g/mol. The van der Waals surface area contributed by atoms with Crippen molar-refractivity contribution in [2.45, 2.75) is 26.4 Å². The van der Waals surface area contributed by atoms with E-state index in [4.69, 9.17) is 15.2 Å². The Hall–Kier alpha value is -2.28. The smallest absolute Gasteiger partial charge is 0.318 e. The van der Waals surface area contributed by atoms with Crippen LogP contribution in [-0.2, 0) is 11.3 Å². The predicted octanol–water partition coefficient (Wildman–Crippen LogP) is 1.01. The van der Waals surface area contributed by atoms with Crippen LogP contribution in [0.2, 0.25) is 0 Å². The summed E-state index contributed by atoms with van der Waals surface area (Å²) in [5.74, 6) is 0.810. The van der Waals surface area contributed by atoms with E-state index in [1.54, 1.807) is 20.3 Å². The highest BCUT2D eigenvalue weighted by Gasteiger charge is 2.22. The molecular weight excluding hydrogens is 286 g/mol. The van der Waals surface area contributed by atoms with Crippen LogP contribution in [-0.4, -0.2) is 32.2 Å². The van der Waals surface area contributed by atoms with Crippen LogP contribution in [0.15, 0.2) is 18.2 Å². The lowest BCUT2D eigenvalue weighted by molar-refractivity contribution is -0.123. The van der Waals surface area contributed by atoms with E-state index < -0.39 is 18.0 Å². The van der Waals surface area contributed by atoms with Crippen LogP contribution < -0.4 is 25.8 Å². The minimum atomic E-state index is -0.858. The molecule has 4 N–H and O–H groups in total. The lowest BCUT2D eigenvalue weighted by atomic mass is 10.0.